The number of hydrogen-bond donors (Lipinski definition) is 1. The first-order chi connectivity index (χ1) is 11.9. The number of carbonyl (C=O) groups excluding carboxylic acids is 1. The molecule has 1 aromatic heterocycles. The topological polar surface area (TPSA) is 75.5 Å². The van der Waals surface area contributed by atoms with E-state index in [0.29, 0.717) is 18.2 Å². The minimum atomic E-state index is -1.31. The molecule has 0 aliphatic carbocycles. The van der Waals surface area contributed by atoms with Gasteiger partial charge in [-0.2, -0.15) is 5.16 Å². The fourth-order valence-electron chi connectivity index (χ4n) is 3.15. The third-order valence-corrected chi connectivity index (χ3v) is 4.36. The van der Waals surface area contributed by atoms with Gasteiger partial charge in [0.2, 0.25) is 0 Å². The molecule has 0 unspecified atom stereocenters. The molecule has 1 fully saturated rings. The number of H-pyrrole nitrogens is 1. The van der Waals surface area contributed by atoms with Crippen molar-refractivity contribution < 1.29 is 27.2 Å². The Labute approximate surface area is 140 Å². The highest BCUT2D eigenvalue weighted by Crippen LogP contribution is 2.40. The van der Waals surface area contributed by atoms with Crippen molar-refractivity contribution in [1.29, 1.82) is 0 Å². The van der Waals surface area contributed by atoms with Crippen LogP contribution in [-0.4, -0.2) is 29.8 Å². The molecule has 0 saturated carbocycles. The number of amides is 1. The lowest BCUT2D eigenvalue weighted by molar-refractivity contribution is 0.0802. The van der Waals surface area contributed by atoms with Gasteiger partial charge in [0.15, 0.2) is 11.6 Å². The Morgan fingerprint density at radius 2 is 1.96 bits per heavy atom. The van der Waals surface area contributed by atoms with Gasteiger partial charge in [-0.05, 0) is 18.9 Å². The van der Waals surface area contributed by atoms with Crippen LogP contribution in [0.15, 0.2) is 27.5 Å². The maximum Gasteiger partial charge on any atom is 0.409 e. The second-order valence-corrected chi connectivity index (χ2v) is 5.80. The highest BCUT2D eigenvalue weighted by molar-refractivity contribution is 5.68. The van der Waals surface area contributed by atoms with E-state index in [1.165, 1.54) is 18.1 Å². The zero-order chi connectivity index (χ0) is 18.1. The normalized spacial score (nSPS) is 20.6. The number of aromatic amines is 1. The van der Waals surface area contributed by atoms with Gasteiger partial charge in [-0.3, -0.25) is 4.79 Å². The van der Waals surface area contributed by atoms with Gasteiger partial charge in [0.05, 0.1) is 13.2 Å². The van der Waals surface area contributed by atoms with E-state index in [-0.39, 0.29) is 24.4 Å². The Balaban J connectivity index is 1.99. The van der Waals surface area contributed by atoms with E-state index < -0.39 is 35.1 Å². The van der Waals surface area contributed by atoms with E-state index >= 15 is 0 Å². The standard InChI is InChI=1S/C16H15F3N2O4/c1-24-16(23)21-3-2-8(14-7-15(22)20-25-14)4-13(21)9-5-11(18)12(19)6-10(9)17/h5-8,13H,2-4H2,1H3,(H,20,22)/t8-,13-/m0/s1. The molecule has 1 aromatic carbocycles. The quantitative estimate of drug-likeness (QED) is 0.839. The van der Waals surface area contributed by atoms with Crippen molar-refractivity contribution in [2.24, 2.45) is 0 Å². The summed E-state index contributed by atoms with van der Waals surface area (Å²) >= 11 is 0. The molecule has 2 heterocycles. The molecule has 9 heteroatoms. The maximum atomic E-state index is 14.2. The highest BCUT2D eigenvalue weighted by Gasteiger charge is 2.37. The van der Waals surface area contributed by atoms with E-state index in [1.54, 1.807) is 0 Å². The number of ether oxygens (including phenoxy) is 1. The molecule has 2 atom stereocenters. The summed E-state index contributed by atoms with van der Waals surface area (Å²) < 4.78 is 50.8. The van der Waals surface area contributed by atoms with Gasteiger partial charge < -0.3 is 14.2 Å². The monoisotopic (exact) mass is 356 g/mol. The number of aromatic nitrogens is 1. The highest BCUT2D eigenvalue weighted by atomic mass is 19.2. The van der Waals surface area contributed by atoms with E-state index in [9.17, 15) is 22.8 Å². The van der Waals surface area contributed by atoms with Crippen LogP contribution in [0.1, 0.15) is 36.1 Å². The molecule has 0 spiro atoms. The van der Waals surface area contributed by atoms with E-state index in [2.05, 4.69) is 5.16 Å². The Morgan fingerprint density at radius 3 is 2.60 bits per heavy atom. The molecular formula is C16H15F3N2O4. The SMILES string of the molecule is COC(=O)N1CC[C@H](c2cc(=O)[nH]o2)C[C@H]1c1cc(F)c(F)cc1F. The first kappa shape index (κ1) is 17.1. The van der Waals surface area contributed by atoms with Gasteiger partial charge in [-0.15, -0.1) is 0 Å². The molecule has 6 nitrogen and oxygen atoms in total. The van der Waals surface area contributed by atoms with Gasteiger partial charge in [0.25, 0.3) is 5.56 Å². The van der Waals surface area contributed by atoms with Crippen molar-refractivity contribution in [3.63, 3.8) is 0 Å². The van der Waals surface area contributed by atoms with Crippen molar-refractivity contribution in [3.05, 3.63) is 57.3 Å². The van der Waals surface area contributed by atoms with Crippen LogP contribution in [0.25, 0.3) is 0 Å². The van der Waals surface area contributed by atoms with Crippen molar-refractivity contribution in [3.8, 4) is 0 Å². The summed E-state index contributed by atoms with van der Waals surface area (Å²) in [7, 11) is 1.18. The molecule has 134 valence electrons. The second-order valence-electron chi connectivity index (χ2n) is 5.80. The number of rotatable bonds is 2. The van der Waals surface area contributed by atoms with Gasteiger partial charge >= 0.3 is 6.09 Å². The number of hydrogen-bond acceptors (Lipinski definition) is 4. The number of methoxy groups -OCH3 is 1. The van der Waals surface area contributed by atoms with Crippen LogP contribution in [-0.2, 0) is 4.74 Å². The fraction of sp³-hybridized carbons (Fsp3) is 0.375. The number of carbonyl (C=O) groups is 1. The van der Waals surface area contributed by atoms with Gasteiger partial charge in [-0.25, -0.2) is 18.0 Å². The van der Waals surface area contributed by atoms with Crippen LogP contribution in [0.4, 0.5) is 18.0 Å². The van der Waals surface area contributed by atoms with Gasteiger partial charge in [0, 0.05) is 30.2 Å². The van der Waals surface area contributed by atoms with Crippen LogP contribution in [0, 0.1) is 17.5 Å². The molecule has 2 aromatic rings. The summed E-state index contributed by atoms with van der Waals surface area (Å²) in [6, 6.07) is 1.57. The molecule has 0 bridgehead atoms. The number of likely N-dealkylation sites (tertiary alicyclic amines) is 1. The molecule has 1 aliphatic heterocycles. The minimum absolute atomic E-state index is 0.160. The number of piperidine rings is 1. The number of benzene rings is 1. The molecule has 1 aliphatic rings. The summed E-state index contributed by atoms with van der Waals surface area (Å²) in [6.45, 7) is 0.176. The Morgan fingerprint density at radius 1 is 1.24 bits per heavy atom. The van der Waals surface area contributed by atoms with Gasteiger partial charge in [-0.1, -0.05) is 0 Å². The zero-order valence-electron chi connectivity index (χ0n) is 13.2. The summed E-state index contributed by atoms with van der Waals surface area (Å²) in [5, 5.41) is 2.17. The first-order valence-electron chi connectivity index (χ1n) is 7.58. The van der Waals surface area contributed by atoms with Crippen molar-refractivity contribution >= 4 is 6.09 Å². The number of halogens is 3. The minimum Gasteiger partial charge on any atom is -0.453 e. The summed E-state index contributed by atoms with van der Waals surface area (Å²) in [4.78, 5) is 24.5. The van der Waals surface area contributed by atoms with Crippen LogP contribution in [0.2, 0.25) is 0 Å². The predicted molar refractivity (Wildman–Crippen MR) is 79.5 cm³/mol. The summed E-state index contributed by atoms with van der Waals surface area (Å²) in [5.74, 6) is -3.42. The maximum absolute atomic E-state index is 14.2. The third-order valence-electron chi connectivity index (χ3n) is 4.36. The van der Waals surface area contributed by atoms with E-state index in [0.717, 1.165) is 6.07 Å². The van der Waals surface area contributed by atoms with Crippen LogP contribution < -0.4 is 5.56 Å². The molecule has 1 N–H and O–H groups in total. The summed E-state index contributed by atoms with van der Waals surface area (Å²) in [5.41, 5.74) is -0.576. The molecule has 0 radical (unpaired) electrons. The van der Waals surface area contributed by atoms with Gasteiger partial charge in [0.1, 0.15) is 11.6 Å². The average Bonchev–Trinajstić information content (AvgIpc) is 3.03. The van der Waals surface area contributed by atoms with Crippen molar-refractivity contribution in [1.82, 2.24) is 10.1 Å². The lowest BCUT2D eigenvalue weighted by Gasteiger charge is -2.38. The Hall–Kier alpha value is -2.71. The Bertz CT molecular complexity index is 848. The lowest BCUT2D eigenvalue weighted by Crippen LogP contribution is -2.41. The third kappa shape index (κ3) is 3.26. The second kappa shape index (κ2) is 6.66. The molecule has 1 amide bonds. The smallest absolute Gasteiger partial charge is 0.409 e. The van der Waals surface area contributed by atoms with Crippen LogP contribution >= 0.6 is 0 Å². The fourth-order valence-corrected chi connectivity index (χ4v) is 3.15. The molecule has 3 rings (SSSR count). The van der Waals surface area contributed by atoms with E-state index in [4.69, 9.17) is 9.26 Å². The van der Waals surface area contributed by atoms with E-state index in [1.807, 2.05) is 0 Å². The average molecular weight is 356 g/mol. The molecule has 25 heavy (non-hydrogen) atoms. The largest absolute Gasteiger partial charge is 0.453 e. The molecule has 1 saturated heterocycles. The van der Waals surface area contributed by atoms with Crippen molar-refractivity contribution in [2.75, 3.05) is 13.7 Å². The zero-order valence-corrected chi connectivity index (χ0v) is 13.2. The number of nitrogens with one attached hydrogen (secondary N) is 1. The van der Waals surface area contributed by atoms with Crippen LogP contribution in [0.5, 0.6) is 0 Å². The van der Waals surface area contributed by atoms with Crippen molar-refractivity contribution in [2.45, 2.75) is 24.8 Å². The first-order valence-corrected chi connectivity index (χ1v) is 7.58. The number of nitrogens with zero attached hydrogens (tertiary/aromatic N) is 1. The summed E-state index contributed by atoms with van der Waals surface area (Å²) in [6.07, 6.45) is -0.0987. The molecular weight excluding hydrogens is 341 g/mol. The Kier molecular flexibility index (Phi) is 4.56. The predicted octanol–water partition coefficient (Wildman–Crippen LogP) is 3.07. The van der Waals surface area contributed by atoms with Crippen LogP contribution in [0.3, 0.4) is 0 Å². The lowest BCUT2D eigenvalue weighted by atomic mass is 9.85.